The van der Waals surface area contributed by atoms with E-state index in [1.807, 2.05) is 30.3 Å². The molecule has 2 rings (SSSR count). The van der Waals surface area contributed by atoms with Crippen LogP contribution >= 0.6 is 0 Å². The number of rotatable bonds is 5. The van der Waals surface area contributed by atoms with E-state index in [2.05, 4.69) is 15.3 Å². The molecule has 0 aliphatic heterocycles. The highest BCUT2D eigenvalue weighted by Crippen LogP contribution is 2.17. The molecule has 0 spiro atoms. The molecule has 2 N–H and O–H groups in total. The minimum Gasteiger partial charge on any atom is -0.481 e. The van der Waals surface area contributed by atoms with Gasteiger partial charge in [-0.25, -0.2) is 9.97 Å². The van der Waals surface area contributed by atoms with Crippen LogP contribution in [0.15, 0.2) is 42.7 Å². The summed E-state index contributed by atoms with van der Waals surface area (Å²) in [5, 5.41) is 11.5. The Balaban J connectivity index is 2.08. The standard InChI is InChI=1S/C13H13N3O2/c17-13(18)6-7-14-12-8-11(15-9-16-12)10-4-2-1-3-5-10/h1-5,8-9H,6-7H2,(H,17,18)(H,14,15,16). The Labute approximate surface area is 105 Å². The van der Waals surface area contributed by atoms with Crippen LogP contribution in [0.2, 0.25) is 0 Å². The van der Waals surface area contributed by atoms with E-state index in [0.717, 1.165) is 11.3 Å². The molecule has 0 bridgehead atoms. The Morgan fingerprint density at radius 1 is 1.22 bits per heavy atom. The molecule has 92 valence electrons. The molecule has 1 heterocycles. The van der Waals surface area contributed by atoms with Gasteiger partial charge in [0, 0.05) is 18.2 Å². The predicted molar refractivity (Wildman–Crippen MR) is 68.2 cm³/mol. The number of hydrogen-bond acceptors (Lipinski definition) is 4. The lowest BCUT2D eigenvalue weighted by molar-refractivity contribution is -0.136. The van der Waals surface area contributed by atoms with Crippen LogP contribution in [0, 0.1) is 0 Å². The second-order valence-corrected chi connectivity index (χ2v) is 3.73. The Morgan fingerprint density at radius 2 is 2.00 bits per heavy atom. The molecule has 5 nitrogen and oxygen atoms in total. The van der Waals surface area contributed by atoms with Gasteiger partial charge >= 0.3 is 5.97 Å². The van der Waals surface area contributed by atoms with Crippen LogP contribution in [-0.4, -0.2) is 27.6 Å². The maximum absolute atomic E-state index is 10.4. The van der Waals surface area contributed by atoms with Crippen LogP contribution in [-0.2, 0) is 4.79 Å². The molecule has 0 saturated carbocycles. The Kier molecular flexibility index (Phi) is 3.86. The molecular weight excluding hydrogens is 230 g/mol. The maximum Gasteiger partial charge on any atom is 0.305 e. The van der Waals surface area contributed by atoms with Gasteiger partial charge in [0.25, 0.3) is 0 Å². The van der Waals surface area contributed by atoms with Crippen molar-refractivity contribution >= 4 is 11.8 Å². The molecule has 0 aliphatic carbocycles. The average Bonchev–Trinajstić information content (AvgIpc) is 2.40. The van der Waals surface area contributed by atoms with Crippen molar-refractivity contribution in [3.63, 3.8) is 0 Å². The molecule has 2 aromatic rings. The molecule has 18 heavy (non-hydrogen) atoms. The first-order chi connectivity index (χ1) is 8.75. The van der Waals surface area contributed by atoms with Crippen molar-refractivity contribution in [2.24, 2.45) is 0 Å². The Bertz CT molecular complexity index is 529. The smallest absolute Gasteiger partial charge is 0.305 e. The summed E-state index contributed by atoms with van der Waals surface area (Å²) in [4.78, 5) is 18.6. The fourth-order valence-corrected chi connectivity index (χ4v) is 1.52. The number of aromatic nitrogens is 2. The maximum atomic E-state index is 10.4. The molecule has 0 aliphatic rings. The van der Waals surface area contributed by atoms with Gasteiger partial charge in [-0.1, -0.05) is 30.3 Å². The Morgan fingerprint density at radius 3 is 2.72 bits per heavy atom. The zero-order valence-electron chi connectivity index (χ0n) is 9.71. The molecule has 1 aromatic carbocycles. The number of anilines is 1. The SMILES string of the molecule is O=C(O)CCNc1cc(-c2ccccc2)ncn1. The number of aliphatic carboxylic acids is 1. The molecule has 0 saturated heterocycles. The third kappa shape index (κ3) is 3.28. The lowest BCUT2D eigenvalue weighted by atomic mass is 10.1. The highest BCUT2D eigenvalue weighted by molar-refractivity contribution is 5.67. The number of carboxylic acids is 1. The zero-order valence-corrected chi connectivity index (χ0v) is 9.71. The highest BCUT2D eigenvalue weighted by atomic mass is 16.4. The second-order valence-electron chi connectivity index (χ2n) is 3.73. The normalized spacial score (nSPS) is 10.0. The third-order valence-corrected chi connectivity index (χ3v) is 2.38. The molecule has 1 aromatic heterocycles. The molecule has 5 heteroatoms. The van der Waals surface area contributed by atoms with Gasteiger partial charge in [-0.3, -0.25) is 4.79 Å². The topological polar surface area (TPSA) is 75.1 Å². The first kappa shape index (κ1) is 12.0. The van der Waals surface area contributed by atoms with Gasteiger partial charge in [-0.05, 0) is 0 Å². The van der Waals surface area contributed by atoms with Gasteiger partial charge in [0.2, 0.25) is 0 Å². The van der Waals surface area contributed by atoms with Crippen molar-refractivity contribution in [1.82, 2.24) is 9.97 Å². The minimum atomic E-state index is -0.833. The monoisotopic (exact) mass is 243 g/mol. The van der Waals surface area contributed by atoms with Gasteiger partial charge < -0.3 is 10.4 Å². The number of carboxylic acid groups (broad SMARTS) is 1. The van der Waals surface area contributed by atoms with Crippen molar-refractivity contribution in [1.29, 1.82) is 0 Å². The molecule has 0 amide bonds. The van der Waals surface area contributed by atoms with E-state index >= 15 is 0 Å². The molecule has 0 radical (unpaired) electrons. The van der Waals surface area contributed by atoms with E-state index in [-0.39, 0.29) is 6.42 Å². The largest absolute Gasteiger partial charge is 0.481 e. The van der Waals surface area contributed by atoms with Crippen LogP contribution in [0.1, 0.15) is 6.42 Å². The fraction of sp³-hybridized carbons (Fsp3) is 0.154. The lowest BCUT2D eigenvalue weighted by Gasteiger charge is -2.05. The first-order valence-electron chi connectivity index (χ1n) is 5.59. The van der Waals surface area contributed by atoms with Crippen LogP contribution in [0.25, 0.3) is 11.3 Å². The second kappa shape index (κ2) is 5.77. The van der Waals surface area contributed by atoms with E-state index in [9.17, 15) is 4.79 Å². The number of hydrogen-bond donors (Lipinski definition) is 2. The van der Waals surface area contributed by atoms with E-state index in [1.165, 1.54) is 6.33 Å². The van der Waals surface area contributed by atoms with E-state index in [0.29, 0.717) is 12.4 Å². The summed E-state index contributed by atoms with van der Waals surface area (Å²) in [5.74, 6) is -0.204. The summed E-state index contributed by atoms with van der Waals surface area (Å²) < 4.78 is 0. The number of carbonyl (C=O) groups is 1. The summed E-state index contributed by atoms with van der Waals surface area (Å²) in [6.07, 6.45) is 1.52. The third-order valence-electron chi connectivity index (χ3n) is 2.38. The quantitative estimate of drug-likeness (QED) is 0.840. The van der Waals surface area contributed by atoms with Crippen molar-refractivity contribution in [2.45, 2.75) is 6.42 Å². The van der Waals surface area contributed by atoms with Gasteiger partial charge in [-0.2, -0.15) is 0 Å². The van der Waals surface area contributed by atoms with Crippen molar-refractivity contribution in [2.75, 3.05) is 11.9 Å². The minimum absolute atomic E-state index is 0.0602. The van der Waals surface area contributed by atoms with E-state index < -0.39 is 5.97 Å². The van der Waals surface area contributed by atoms with E-state index in [1.54, 1.807) is 6.07 Å². The molecule has 0 fully saturated rings. The average molecular weight is 243 g/mol. The van der Waals surface area contributed by atoms with Gasteiger partial charge in [0.15, 0.2) is 0 Å². The van der Waals surface area contributed by atoms with Crippen molar-refractivity contribution < 1.29 is 9.90 Å². The summed E-state index contributed by atoms with van der Waals surface area (Å²) in [6, 6.07) is 11.5. The number of benzene rings is 1. The summed E-state index contributed by atoms with van der Waals surface area (Å²) in [6.45, 7) is 0.348. The Hall–Kier alpha value is -2.43. The number of nitrogens with zero attached hydrogens (tertiary/aromatic N) is 2. The first-order valence-corrected chi connectivity index (χ1v) is 5.59. The van der Waals surface area contributed by atoms with Crippen LogP contribution < -0.4 is 5.32 Å². The summed E-state index contributed by atoms with van der Waals surface area (Å²) >= 11 is 0. The lowest BCUT2D eigenvalue weighted by Crippen LogP contribution is -2.08. The molecule has 0 atom stereocenters. The van der Waals surface area contributed by atoms with Gasteiger partial charge in [0.1, 0.15) is 12.1 Å². The van der Waals surface area contributed by atoms with Gasteiger partial charge in [0.05, 0.1) is 12.1 Å². The van der Waals surface area contributed by atoms with Crippen LogP contribution in [0.4, 0.5) is 5.82 Å². The van der Waals surface area contributed by atoms with Crippen molar-refractivity contribution in [3.05, 3.63) is 42.7 Å². The fourth-order valence-electron chi connectivity index (χ4n) is 1.52. The zero-order chi connectivity index (χ0) is 12.8. The van der Waals surface area contributed by atoms with E-state index in [4.69, 9.17) is 5.11 Å². The predicted octanol–water partition coefficient (Wildman–Crippen LogP) is 2.03. The molecule has 0 unspecified atom stereocenters. The summed E-state index contributed by atoms with van der Waals surface area (Å²) in [5.41, 5.74) is 1.81. The number of nitrogens with one attached hydrogen (secondary N) is 1. The molecular formula is C13H13N3O2. The van der Waals surface area contributed by atoms with Crippen LogP contribution in [0.5, 0.6) is 0 Å². The highest BCUT2D eigenvalue weighted by Gasteiger charge is 2.02. The van der Waals surface area contributed by atoms with Crippen LogP contribution in [0.3, 0.4) is 0 Å². The van der Waals surface area contributed by atoms with Crippen molar-refractivity contribution in [3.8, 4) is 11.3 Å². The van der Waals surface area contributed by atoms with Gasteiger partial charge in [-0.15, -0.1) is 0 Å². The summed E-state index contributed by atoms with van der Waals surface area (Å²) in [7, 11) is 0.